The van der Waals surface area contributed by atoms with Crippen LogP contribution in [-0.2, 0) is 14.3 Å². The zero-order valence-corrected chi connectivity index (χ0v) is 10.8. The van der Waals surface area contributed by atoms with Gasteiger partial charge in [0, 0.05) is 14.2 Å². The van der Waals surface area contributed by atoms with E-state index in [9.17, 15) is 4.79 Å². The molecule has 1 amide bonds. The fraction of sp³-hybridized carbons (Fsp3) is 0.909. The molecule has 5 heteroatoms. The summed E-state index contributed by atoms with van der Waals surface area (Å²) in [4.78, 5) is 11.7. The van der Waals surface area contributed by atoms with E-state index >= 15 is 0 Å². The van der Waals surface area contributed by atoms with Gasteiger partial charge in [0.2, 0.25) is 5.91 Å². The van der Waals surface area contributed by atoms with Crippen LogP contribution >= 0.6 is 0 Å². The van der Waals surface area contributed by atoms with E-state index in [2.05, 4.69) is 5.32 Å². The van der Waals surface area contributed by atoms with Crippen molar-refractivity contribution in [1.29, 1.82) is 0 Å². The molecule has 3 N–H and O–H groups in total. The summed E-state index contributed by atoms with van der Waals surface area (Å²) in [6.07, 6.45) is 0.425. The Balaban J connectivity index is 4.22. The van der Waals surface area contributed by atoms with Crippen LogP contribution in [0.1, 0.15) is 27.2 Å². The Morgan fingerprint density at radius 3 is 2.19 bits per heavy atom. The number of nitrogens with one attached hydrogen (secondary N) is 1. The average Bonchev–Trinajstić information content (AvgIpc) is 2.28. The first-order valence-electron chi connectivity index (χ1n) is 5.59. The maximum absolute atomic E-state index is 11.7. The van der Waals surface area contributed by atoms with Gasteiger partial charge in [0.05, 0.1) is 12.1 Å². The van der Waals surface area contributed by atoms with E-state index in [0.717, 1.165) is 6.42 Å². The summed E-state index contributed by atoms with van der Waals surface area (Å²) in [6, 6.07) is -0.709. The van der Waals surface area contributed by atoms with E-state index in [-0.39, 0.29) is 17.9 Å². The number of methoxy groups -OCH3 is 2. The number of nitrogens with two attached hydrogens (primary N) is 1. The van der Waals surface area contributed by atoms with Gasteiger partial charge in [-0.25, -0.2) is 0 Å². The normalized spacial score (nSPS) is 16.9. The molecule has 0 aromatic carbocycles. The van der Waals surface area contributed by atoms with Crippen molar-refractivity contribution >= 4 is 5.91 Å². The van der Waals surface area contributed by atoms with Crippen LogP contribution in [0.15, 0.2) is 0 Å². The molecule has 5 nitrogen and oxygen atoms in total. The van der Waals surface area contributed by atoms with Crippen molar-refractivity contribution in [2.45, 2.75) is 45.6 Å². The SMILES string of the molecule is CCC(C)[C@H](N)C(=O)NC(C)C(OC)OC. The van der Waals surface area contributed by atoms with Gasteiger partial charge >= 0.3 is 0 Å². The van der Waals surface area contributed by atoms with Gasteiger partial charge in [0.1, 0.15) is 0 Å². The standard InChI is InChI=1S/C11H24N2O3/c1-6-7(2)9(12)10(14)13-8(3)11(15-4)16-5/h7-9,11H,6,12H2,1-5H3,(H,13,14)/t7?,8?,9-/m0/s1. The third kappa shape index (κ3) is 4.47. The van der Waals surface area contributed by atoms with E-state index in [4.69, 9.17) is 15.2 Å². The van der Waals surface area contributed by atoms with Crippen LogP contribution in [-0.4, -0.2) is 38.5 Å². The molecule has 0 aliphatic carbocycles. The van der Waals surface area contributed by atoms with Gasteiger partial charge in [0.15, 0.2) is 6.29 Å². The van der Waals surface area contributed by atoms with Crippen LogP contribution in [0.25, 0.3) is 0 Å². The van der Waals surface area contributed by atoms with E-state index in [1.807, 2.05) is 20.8 Å². The van der Waals surface area contributed by atoms with E-state index in [1.165, 1.54) is 14.2 Å². The van der Waals surface area contributed by atoms with Gasteiger partial charge < -0.3 is 20.5 Å². The van der Waals surface area contributed by atoms with Crippen molar-refractivity contribution < 1.29 is 14.3 Å². The number of amides is 1. The number of ether oxygens (including phenoxy) is 2. The Kier molecular flexibility index (Phi) is 7.29. The molecule has 0 spiro atoms. The minimum Gasteiger partial charge on any atom is -0.354 e. The lowest BCUT2D eigenvalue weighted by atomic mass is 9.99. The zero-order valence-electron chi connectivity index (χ0n) is 10.8. The molecular formula is C11H24N2O3. The van der Waals surface area contributed by atoms with Gasteiger partial charge in [-0.15, -0.1) is 0 Å². The van der Waals surface area contributed by atoms with Crippen molar-refractivity contribution in [3.63, 3.8) is 0 Å². The summed E-state index contributed by atoms with van der Waals surface area (Å²) in [7, 11) is 3.07. The van der Waals surface area contributed by atoms with Crippen molar-refractivity contribution in [3.05, 3.63) is 0 Å². The summed E-state index contributed by atoms with van der Waals surface area (Å²) in [5.74, 6) is -0.00307. The maximum Gasteiger partial charge on any atom is 0.237 e. The summed E-state index contributed by atoms with van der Waals surface area (Å²) in [5.41, 5.74) is 5.81. The Hall–Kier alpha value is -0.650. The Bertz CT molecular complexity index is 207. The topological polar surface area (TPSA) is 73.6 Å². The summed E-state index contributed by atoms with van der Waals surface area (Å²) in [5, 5.41) is 2.78. The first-order chi connectivity index (χ1) is 7.47. The monoisotopic (exact) mass is 232 g/mol. The molecule has 2 unspecified atom stereocenters. The summed E-state index contributed by atoms with van der Waals surface area (Å²) in [6.45, 7) is 5.78. The minimum atomic E-state index is -0.484. The van der Waals surface area contributed by atoms with Crippen molar-refractivity contribution in [1.82, 2.24) is 5.32 Å². The molecule has 0 fully saturated rings. The van der Waals surface area contributed by atoms with Gasteiger partial charge in [-0.05, 0) is 12.8 Å². The molecular weight excluding hydrogens is 208 g/mol. The number of hydrogen-bond acceptors (Lipinski definition) is 4. The molecule has 0 aromatic heterocycles. The minimum absolute atomic E-state index is 0.163. The van der Waals surface area contributed by atoms with E-state index < -0.39 is 12.3 Å². The highest BCUT2D eigenvalue weighted by molar-refractivity contribution is 5.82. The molecule has 0 aliphatic rings. The molecule has 96 valence electrons. The number of hydrogen-bond donors (Lipinski definition) is 2. The lowest BCUT2D eigenvalue weighted by Crippen LogP contribution is -2.51. The second kappa shape index (κ2) is 7.60. The second-order valence-corrected chi connectivity index (χ2v) is 4.05. The highest BCUT2D eigenvalue weighted by Gasteiger charge is 2.24. The molecule has 0 aromatic rings. The van der Waals surface area contributed by atoms with Crippen LogP contribution in [0, 0.1) is 5.92 Å². The Morgan fingerprint density at radius 2 is 1.81 bits per heavy atom. The highest BCUT2D eigenvalue weighted by atomic mass is 16.7. The van der Waals surface area contributed by atoms with Gasteiger partial charge in [0.25, 0.3) is 0 Å². The largest absolute Gasteiger partial charge is 0.354 e. The molecule has 0 radical (unpaired) electrons. The predicted octanol–water partition coefficient (Wildman–Crippen LogP) is 0.483. The molecule has 0 bridgehead atoms. The average molecular weight is 232 g/mol. The third-order valence-electron chi connectivity index (χ3n) is 2.80. The van der Waals surface area contributed by atoms with Crippen LogP contribution < -0.4 is 11.1 Å². The Morgan fingerprint density at radius 1 is 1.31 bits per heavy atom. The fourth-order valence-corrected chi connectivity index (χ4v) is 1.41. The highest BCUT2D eigenvalue weighted by Crippen LogP contribution is 2.06. The summed E-state index contributed by atoms with van der Waals surface area (Å²) < 4.78 is 10.1. The second-order valence-electron chi connectivity index (χ2n) is 4.05. The molecule has 0 heterocycles. The Labute approximate surface area is 97.7 Å². The fourth-order valence-electron chi connectivity index (χ4n) is 1.41. The first-order valence-corrected chi connectivity index (χ1v) is 5.59. The smallest absolute Gasteiger partial charge is 0.237 e. The zero-order chi connectivity index (χ0) is 12.7. The molecule has 0 rings (SSSR count). The number of carbonyl (C=O) groups is 1. The maximum atomic E-state index is 11.7. The van der Waals surface area contributed by atoms with Crippen LogP contribution in [0.5, 0.6) is 0 Å². The molecule has 0 saturated heterocycles. The first kappa shape index (κ1) is 15.3. The quantitative estimate of drug-likeness (QED) is 0.626. The van der Waals surface area contributed by atoms with Gasteiger partial charge in [-0.2, -0.15) is 0 Å². The lowest BCUT2D eigenvalue weighted by molar-refractivity contribution is -0.137. The molecule has 16 heavy (non-hydrogen) atoms. The van der Waals surface area contributed by atoms with Gasteiger partial charge in [-0.1, -0.05) is 20.3 Å². The van der Waals surface area contributed by atoms with E-state index in [0.29, 0.717) is 0 Å². The molecule has 3 atom stereocenters. The van der Waals surface area contributed by atoms with Crippen LogP contribution in [0.4, 0.5) is 0 Å². The lowest BCUT2D eigenvalue weighted by Gasteiger charge is -2.25. The van der Waals surface area contributed by atoms with Gasteiger partial charge in [-0.3, -0.25) is 4.79 Å². The van der Waals surface area contributed by atoms with Crippen molar-refractivity contribution in [3.8, 4) is 0 Å². The molecule has 0 aliphatic heterocycles. The summed E-state index contributed by atoms with van der Waals surface area (Å²) >= 11 is 0. The van der Waals surface area contributed by atoms with Crippen molar-refractivity contribution in [2.24, 2.45) is 11.7 Å². The van der Waals surface area contributed by atoms with Crippen molar-refractivity contribution in [2.75, 3.05) is 14.2 Å². The van der Waals surface area contributed by atoms with Crippen LogP contribution in [0.2, 0.25) is 0 Å². The molecule has 0 saturated carbocycles. The van der Waals surface area contributed by atoms with E-state index in [1.54, 1.807) is 0 Å². The number of rotatable bonds is 7. The number of carbonyl (C=O) groups excluding carboxylic acids is 1. The van der Waals surface area contributed by atoms with Crippen LogP contribution in [0.3, 0.4) is 0 Å². The predicted molar refractivity (Wildman–Crippen MR) is 62.8 cm³/mol. The third-order valence-corrected chi connectivity index (χ3v) is 2.80.